The lowest BCUT2D eigenvalue weighted by Gasteiger charge is -2.33. The summed E-state index contributed by atoms with van der Waals surface area (Å²) in [6.45, 7) is 6.59. The first-order chi connectivity index (χ1) is 17.0. The minimum absolute atomic E-state index is 0.137. The topological polar surface area (TPSA) is 69.0 Å². The highest BCUT2D eigenvalue weighted by atomic mass is 35.5. The first-order valence-electron chi connectivity index (χ1n) is 11.9. The zero-order chi connectivity index (χ0) is 25.0. The largest absolute Gasteiger partial charge is 0.378 e. The van der Waals surface area contributed by atoms with E-state index in [1.807, 2.05) is 6.07 Å². The van der Waals surface area contributed by atoms with Gasteiger partial charge in [-0.05, 0) is 48.0 Å². The van der Waals surface area contributed by atoms with Crippen molar-refractivity contribution in [1.29, 1.82) is 0 Å². The van der Waals surface area contributed by atoms with E-state index in [4.69, 9.17) is 43.1 Å². The molecule has 0 bridgehead atoms. The summed E-state index contributed by atoms with van der Waals surface area (Å²) in [7, 11) is 1.99. The van der Waals surface area contributed by atoms with Crippen LogP contribution in [0, 0.1) is 0 Å². The average Bonchev–Trinajstić information content (AvgIpc) is 2.85. The molecule has 0 aliphatic carbocycles. The third-order valence-corrected chi connectivity index (χ3v) is 7.86. The second-order valence-corrected chi connectivity index (χ2v) is 11.1. The molecule has 35 heavy (non-hydrogen) atoms. The third-order valence-electron chi connectivity index (χ3n) is 5.81. The molecule has 3 rings (SSSR count). The Morgan fingerprint density at radius 2 is 1.69 bits per heavy atom. The Kier molecular flexibility index (Phi) is 12.5. The molecule has 1 aliphatic rings. The Balaban J connectivity index is 1.39. The zero-order valence-electron chi connectivity index (χ0n) is 20.4. The molecule has 2 atom stereocenters. The quantitative estimate of drug-likeness (QED) is 0.260. The molecule has 6 nitrogen and oxygen atoms in total. The van der Waals surface area contributed by atoms with Crippen LogP contribution >= 0.6 is 33.7 Å². The summed E-state index contributed by atoms with van der Waals surface area (Å²) in [6, 6.07) is 12.7. The van der Waals surface area contributed by atoms with Crippen molar-refractivity contribution < 1.29 is 14.2 Å². The Morgan fingerprint density at radius 3 is 2.37 bits per heavy atom. The number of fused-ring (bicyclic) bond motifs is 1. The maximum atomic E-state index is 6.51. The number of rotatable bonds is 15. The number of benzene rings is 2. The smallest absolute Gasteiger partial charge is 0.0701 e. The van der Waals surface area contributed by atoms with Gasteiger partial charge in [-0.25, -0.2) is 0 Å². The van der Waals surface area contributed by atoms with E-state index in [-0.39, 0.29) is 16.4 Å². The van der Waals surface area contributed by atoms with Gasteiger partial charge in [-0.15, -0.1) is 10.5 Å². The summed E-state index contributed by atoms with van der Waals surface area (Å²) in [5.41, 5.74) is 9.03. The second-order valence-electron chi connectivity index (χ2n) is 8.54. The first kappa shape index (κ1) is 28.6. The maximum absolute atomic E-state index is 6.51. The van der Waals surface area contributed by atoms with Crippen LogP contribution in [-0.4, -0.2) is 83.0 Å². The van der Waals surface area contributed by atoms with Gasteiger partial charge in [-0.1, -0.05) is 41.2 Å². The minimum Gasteiger partial charge on any atom is -0.378 e. The number of nitrogens with two attached hydrogens (primary N) is 1. The van der Waals surface area contributed by atoms with Gasteiger partial charge in [0.05, 0.1) is 39.6 Å². The molecule has 0 saturated heterocycles. The molecule has 0 aromatic heterocycles. The minimum atomic E-state index is -0.137. The van der Waals surface area contributed by atoms with Gasteiger partial charge >= 0.3 is 0 Å². The van der Waals surface area contributed by atoms with E-state index in [0.29, 0.717) is 51.2 Å². The third kappa shape index (κ3) is 9.11. The number of nitrogens with zero attached hydrogens (tertiary/aromatic N) is 1. The molecule has 0 radical (unpaired) electrons. The second kappa shape index (κ2) is 15.3. The molecule has 1 aliphatic heterocycles. The fraction of sp³-hybridized carbons (Fsp3) is 0.500. The Morgan fingerprint density at radius 1 is 1.03 bits per heavy atom. The van der Waals surface area contributed by atoms with Crippen LogP contribution in [0.2, 0.25) is 10.0 Å². The monoisotopic (exact) mass is 541 g/mol. The van der Waals surface area contributed by atoms with Gasteiger partial charge in [0.1, 0.15) is 0 Å². The van der Waals surface area contributed by atoms with Crippen molar-refractivity contribution in [2.45, 2.75) is 17.4 Å². The van der Waals surface area contributed by atoms with Crippen molar-refractivity contribution in [2.24, 2.45) is 5.73 Å². The molecule has 1 unspecified atom stereocenters. The zero-order valence-corrected chi connectivity index (χ0v) is 22.8. The molecule has 0 fully saturated rings. The van der Waals surface area contributed by atoms with E-state index >= 15 is 0 Å². The predicted octanol–water partition coefficient (Wildman–Crippen LogP) is 4.19. The lowest BCUT2D eigenvalue weighted by molar-refractivity contribution is 0.0167. The van der Waals surface area contributed by atoms with Crippen molar-refractivity contribution in [3.8, 4) is 0 Å². The lowest BCUT2D eigenvalue weighted by atomic mass is 9.85. The van der Waals surface area contributed by atoms with Crippen LogP contribution < -0.4 is 11.1 Å². The summed E-state index contributed by atoms with van der Waals surface area (Å²) in [6.07, 6.45) is 0. The summed E-state index contributed by atoms with van der Waals surface area (Å²) >= 11 is 12.8. The van der Waals surface area contributed by atoms with Crippen molar-refractivity contribution in [3.63, 3.8) is 0 Å². The highest BCUT2D eigenvalue weighted by Crippen LogP contribution is 2.39. The molecule has 0 amide bonds. The lowest BCUT2D eigenvalue weighted by Crippen LogP contribution is -2.31. The molecule has 194 valence electrons. The van der Waals surface area contributed by atoms with Gasteiger partial charge < -0.3 is 30.2 Å². The van der Waals surface area contributed by atoms with Crippen LogP contribution in [0.5, 0.6) is 0 Å². The number of likely N-dealkylation sites (N-methyl/N-ethyl adjacent to an activating group) is 1. The molecule has 2 aromatic carbocycles. The normalized spacial score (nSPS) is 16.9. The van der Waals surface area contributed by atoms with E-state index in [1.54, 1.807) is 0 Å². The molecular formula is C26H37Cl2N3O3S. The van der Waals surface area contributed by atoms with Crippen molar-refractivity contribution >= 4 is 39.6 Å². The SMILES string of the molecule is C=S(CNCCOCCOCCOCCN)c1ccc([C@@H]2CN(C)Cc3c(Cl)cc(Cl)cc32)cc1. The Hall–Kier alpha value is -1.00. The summed E-state index contributed by atoms with van der Waals surface area (Å²) in [4.78, 5) is 3.55. The number of hydrogen-bond donors (Lipinski definition) is 2. The predicted molar refractivity (Wildman–Crippen MR) is 148 cm³/mol. The fourth-order valence-corrected chi connectivity index (χ4v) is 5.72. The van der Waals surface area contributed by atoms with Crippen LogP contribution in [-0.2, 0) is 20.8 Å². The van der Waals surface area contributed by atoms with Crippen LogP contribution in [0.25, 0.3) is 0 Å². The number of hydrogen-bond acceptors (Lipinski definition) is 6. The maximum Gasteiger partial charge on any atom is 0.0701 e. The molecule has 1 heterocycles. The number of ether oxygens (including phenoxy) is 3. The summed E-state index contributed by atoms with van der Waals surface area (Å²) in [5, 5.41) is 4.87. The Bertz CT molecular complexity index is 946. The van der Waals surface area contributed by atoms with E-state index in [1.165, 1.54) is 21.6 Å². The molecular weight excluding hydrogens is 505 g/mol. The van der Waals surface area contributed by atoms with Gasteiger partial charge in [0.2, 0.25) is 0 Å². The van der Waals surface area contributed by atoms with Gasteiger partial charge in [0.25, 0.3) is 0 Å². The first-order valence-corrected chi connectivity index (χ1v) is 14.2. The van der Waals surface area contributed by atoms with Crippen LogP contribution in [0.3, 0.4) is 0 Å². The fourth-order valence-electron chi connectivity index (χ4n) is 4.07. The van der Waals surface area contributed by atoms with E-state index in [0.717, 1.165) is 30.5 Å². The van der Waals surface area contributed by atoms with Crippen molar-refractivity contribution in [2.75, 3.05) is 72.2 Å². The Labute approximate surface area is 221 Å². The molecule has 3 N–H and O–H groups in total. The van der Waals surface area contributed by atoms with Gasteiger partial charge in [0.15, 0.2) is 0 Å². The number of halogens is 2. The highest BCUT2D eigenvalue weighted by Gasteiger charge is 2.27. The van der Waals surface area contributed by atoms with Crippen LogP contribution in [0.4, 0.5) is 0 Å². The summed E-state index contributed by atoms with van der Waals surface area (Å²) in [5.74, 6) is 5.42. The standard InChI is InChI=1S/C26H37Cl2N3O3S/c1-31-17-24(23-15-21(27)16-26(28)25(23)18-31)20-3-5-22(6-4-20)35(2)19-30-8-10-33-12-14-34-13-11-32-9-7-29/h3-6,15-16,24,30H,2,7-14,17-19,29H2,1H3/t24-,35?/m0/s1. The van der Waals surface area contributed by atoms with Gasteiger partial charge in [-0.3, -0.25) is 0 Å². The summed E-state index contributed by atoms with van der Waals surface area (Å²) < 4.78 is 16.3. The molecule has 0 spiro atoms. The number of nitrogens with one attached hydrogen (secondary N) is 1. The molecule has 2 aromatic rings. The van der Waals surface area contributed by atoms with Gasteiger partial charge in [0, 0.05) is 52.9 Å². The van der Waals surface area contributed by atoms with Gasteiger partial charge in [-0.2, -0.15) is 0 Å². The highest BCUT2D eigenvalue weighted by molar-refractivity contribution is 8.14. The molecule has 0 saturated carbocycles. The van der Waals surface area contributed by atoms with Crippen LogP contribution in [0.1, 0.15) is 22.6 Å². The van der Waals surface area contributed by atoms with Crippen molar-refractivity contribution in [1.82, 2.24) is 10.2 Å². The average molecular weight is 543 g/mol. The van der Waals surface area contributed by atoms with E-state index in [2.05, 4.69) is 53.5 Å². The van der Waals surface area contributed by atoms with Crippen LogP contribution in [0.15, 0.2) is 41.3 Å². The van der Waals surface area contributed by atoms with E-state index < -0.39 is 0 Å². The van der Waals surface area contributed by atoms with E-state index in [9.17, 15) is 0 Å². The van der Waals surface area contributed by atoms with Crippen molar-refractivity contribution in [3.05, 3.63) is 63.1 Å². The molecule has 9 heteroatoms.